The first-order valence-electron chi connectivity index (χ1n) is 5.73. The van der Waals surface area contributed by atoms with Gasteiger partial charge in [0.25, 0.3) is 11.6 Å². The average Bonchev–Trinajstić information content (AvgIpc) is 2.39. The summed E-state index contributed by atoms with van der Waals surface area (Å²) in [5.74, 6) is -1.35. The maximum Gasteiger partial charge on any atom is 0.270 e. The standard InChI is InChI=1S/C12H15FN2O4/c1-3-14(6-7-19-2)12(16)10-8-9(15(17)18)4-5-11(10)13/h4-5,8H,3,6-7H2,1-2H3. The van der Waals surface area contributed by atoms with E-state index in [1.165, 1.54) is 12.0 Å². The number of nitrogens with zero attached hydrogens (tertiary/aromatic N) is 2. The average molecular weight is 270 g/mol. The fourth-order valence-corrected chi connectivity index (χ4v) is 1.57. The first-order valence-corrected chi connectivity index (χ1v) is 5.73. The molecule has 6 nitrogen and oxygen atoms in total. The summed E-state index contributed by atoms with van der Waals surface area (Å²) in [6.07, 6.45) is 0. The van der Waals surface area contributed by atoms with Crippen molar-refractivity contribution >= 4 is 11.6 Å². The van der Waals surface area contributed by atoms with Crippen molar-refractivity contribution in [2.45, 2.75) is 6.92 Å². The summed E-state index contributed by atoms with van der Waals surface area (Å²) < 4.78 is 18.5. The highest BCUT2D eigenvalue weighted by Crippen LogP contribution is 2.18. The van der Waals surface area contributed by atoms with E-state index in [-0.39, 0.29) is 11.3 Å². The lowest BCUT2D eigenvalue weighted by Gasteiger charge is -2.20. The molecule has 104 valence electrons. The molecule has 19 heavy (non-hydrogen) atoms. The number of carbonyl (C=O) groups excluding carboxylic acids is 1. The largest absolute Gasteiger partial charge is 0.383 e. The molecule has 0 atom stereocenters. The van der Waals surface area contributed by atoms with Crippen LogP contribution >= 0.6 is 0 Å². The highest BCUT2D eigenvalue weighted by molar-refractivity contribution is 5.95. The van der Waals surface area contributed by atoms with Gasteiger partial charge >= 0.3 is 0 Å². The number of ether oxygens (including phenoxy) is 1. The summed E-state index contributed by atoms with van der Waals surface area (Å²) >= 11 is 0. The maximum atomic E-state index is 13.6. The van der Waals surface area contributed by atoms with Crippen LogP contribution in [0.3, 0.4) is 0 Å². The third kappa shape index (κ3) is 3.72. The van der Waals surface area contributed by atoms with Gasteiger partial charge in [0.05, 0.1) is 17.1 Å². The van der Waals surface area contributed by atoms with Crippen LogP contribution in [0, 0.1) is 15.9 Å². The van der Waals surface area contributed by atoms with E-state index >= 15 is 0 Å². The molecule has 1 amide bonds. The first kappa shape index (κ1) is 15.0. The molecule has 0 bridgehead atoms. The van der Waals surface area contributed by atoms with E-state index in [2.05, 4.69) is 0 Å². The van der Waals surface area contributed by atoms with Crippen LogP contribution in [0.25, 0.3) is 0 Å². The third-order valence-electron chi connectivity index (χ3n) is 2.63. The number of hydrogen-bond donors (Lipinski definition) is 0. The van der Waals surface area contributed by atoms with Crippen molar-refractivity contribution in [1.29, 1.82) is 0 Å². The summed E-state index contributed by atoms with van der Waals surface area (Å²) in [6, 6.07) is 2.90. The van der Waals surface area contributed by atoms with Gasteiger partial charge in [-0.25, -0.2) is 4.39 Å². The lowest BCUT2D eigenvalue weighted by Crippen LogP contribution is -2.34. The molecule has 0 aromatic heterocycles. The highest BCUT2D eigenvalue weighted by Gasteiger charge is 2.21. The third-order valence-corrected chi connectivity index (χ3v) is 2.63. The van der Waals surface area contributed by atoms with Gasteiger partial charge in [0.15, 0.2) is 0 Å². The quantitative estimate of drug-likeness (QED) is 0.584. The van der Waals surface area contributed by atoms with Crippen LogP contribution in [0.1, 0.15) is 17.3 Å². The maximum absolute atomic E-state index is 13.6. The van der Waals surface area contributed by atoms with Gasteiger partial charge in [-0.2, -0.15) is 0 Å². The number of carbonyl (C=O) groups is 1. The minimum atomic E-state index is -0.772. The predicted octanol–water partition coefficient (Wildman–Crippen LogP) is 1.84. The number of benzene rings is 1. The van der Waals surface area contributed by atoms with Crippen molar-refractivity contribution in [3.8, 4) is 0 Å². The van der Waals surface area contributed by atoms with Gasteiger partial charge in [-0.05, 0) is 13.0 Å². The summed E-state index contributed by atoms with van der Waals surface area (Å²) in [4.78, 5) is 23.4. The van der Waals surface area contributed by atoms with Gasteiger partial charge in [-0.3, -0.25) is 14.9 Å². The number of methoxy groups -OCH3 is 1. The number of amides is 1. The van der Waals surface area contributed by atoms with Crippen molar-refractivity contribution in [3.63, 3.8) is 0 Å². The molecule has 0 aliphatic carbocycles. The summed E-state index contributed by atoms with van der Waals surface area (Å²) in [6.45, 7) is 2.72. The zero-order valence-electron chi connectivity index (χ0n) is 10.8. The van der Waals surface area contributed by atoms with Crippen LogP contribution < -0.4 is 0 Å². The van der Waals surface area contributed by atoms with Crippen LogP contribution in [0.2, 0.25) is 0 Å². The molecule has 1 rings (SSSR count). The Morgan fingerprint density at radius 3 is 2.74 bits per heavy atom. The van der Waals surface area contributed by atoms with E-state index in [1.54, 1.807) is 6.92 Å². The van der Waals surface area contributed by atoms with Gasteiger partial charge in [-0.1, -0.05) is 0 Å². The van der Waals surface area contributed by atoms with Gasteiger partial charge < -0.3 is 9.64 Å². The molecule has 0 unspecified atom stereocenters. The monoisotopic (exact) mass is 270 g/mol. The lowest BCUT2D eigenvalue weighted by molar-refractivity contribution is -0.384. The summed E-state index contributed by atoms with van der Waals surface area (Å²) in [5, 5.41) is 10.6. The number of nitro groups is 1. The van der Waals surface area contributed by atoms with Crippen LogP contribution in [0.15, 0.2) is 18.2 Å². The van der Waals surface area contributed by atoms with Crippen LogP contribution in [0.4, 0.5) is 10.1 Å². The molecule has 0 saturated heterocycles. The van der Waals surface area contributed by atoms with Crippen molar-refractivity contribution in [1.82, 2.24) is 4.90 Å². The molecule has 0 aliphatic heterocycles. The van der Waals surface area contributed by atoms with E-state index in [1.807, 2.05) is 0 Å². The Balaban J connectivity index is 3.02. The van der Waals surface area contributed by atoms with Gasteiger partial charge in [0, 0.05) is 32.3 Å². The minimum Gasteiger partial charge on any atom is -0.383 e. The Morgan fingerprint density at radius 2 is 2.21 bits per heavy atom. The van der Waals surface area contributed by atoms with Gasteiger partial charge in [0.1, 0.15) is 5.82 Å². The Bertz CT molecular complexity index is 479. The van der Waals surface area contributed by atoms with Gasteiger partial charge in [-0.15, -0.1) is 0 Å². The van der Waals surface area contributed by atoms with E-state index in [0.29, 0.717) is 19.7 Å². The van der Waals surface area contributed by atoms with E-state index in [4.69, 9.17) is 4.74 Å². The molecule has 1 aromatic carbocycles. The Labute approximate surface area is 109 Å². The van der Waals surface area contributed by atoms with Crippen LogP contribution in [0.5, 0.6) is 0 Å². The summed E-state index contributed by atoms with van der Waals surface area (Å²) in [5.41, 5.74) is -0.611. The van der Waals surface area contributed by atoms with E-state index in [9.17, 15) is 19.3 Å². The molecular weight excluding hydrogens is 255 g/mol. The topological polar surface area (TPSA) is 72.7 Å². The SMILES string of the molecule is CCN(CCOC)C(=O)c1cc([N+](=O)[O-])ccc1F. The normalized spacial score (nSPS) is 10.3. The Morgan fingerprint density at radius 1 is 1.53 bits per heavy atom. The molecular formula is C12H15FN2O4. The molecule has 0 saturated carbocycles. The van der Waals surface area contributed by atoms with Gasteiger partial charge in [0.2, 0.25) is 0 Å². The second kappa shape index (κ2) is 6.79. The predicted molar refractivity (Wildman–Crippen MR) is 66.5 cm³/mol. The van der Waals surface area contributed by atoms with E-state index < -0.39 is 16.6 Å². The molecule has 7 heteroatoms. The second-order valence-electron chi connectivity index (χ2n) is 3.80. The fourth-order valence-electron chi connectivity index (χ4n) is 1.57. The smallest absolute Gasteiger partial charge is 0.270 e. The molecule has 0 aliphatic rings. The Hall–Kier alpha value is -2.02. The molecule has 1 aromatic rings. The first-order chi connectivity index (χ1) is 9.01. The lowest BCUT2D eigenvalue weighted by atomic mass is 10.1. The molecule has 0 N–H and O–H groups in total. The molecule has 0 fully saturated rings. The number of non-ortho nitro benzene ring substituents is 1. The van der Waals surface area contributed by atoms with Crippen molar-refractivity contribution in [2.24, 2.45) is 0 Å². The summed E-state index contributed by atoms with van der Waals surface area (Å²) in [7, 11) is 1.49. The zero-order chi connectivity index (χ0) is 14.4. The van der Waals surface area contributed by atoms with Crippen molar-refractivity contribution in [3.05, 3.63) is 39.7 Å². The van der Waals surface area contributed by atoms with Crippen LogP contribution in [-0.2, 0) is 4.74 Å². The van der Waals surface area contributed by atoms with E-state index in [0.717, 1.165) is 18.2 Å². The highest BCUT2D eigenvalue weighted by atomic mass is 19.1. The number of rotatable bonds is 6. The van der Waals surface area contributed by atoms with Crippen molar-refractivity contribution in [2.75, 3.05) is 26.8 Å². The second-order valence-corrected chi connectivity index (χ2v) is 3.80. The molecule has 0 heterocycles. The fraction of sp³-hybridized carbons (Fsp3) is 0.417. The molecule has 0 spiro atoms. The van der Waals surface area contributed by atoms with Crippen molar-refractivity contribution < 1.29 is 18.8 Å². The number of hydrogen-bond acceptors (Lipinski definition) is 4. The number of halogens is 1. The van der Waals surface area contributed by atoms with Crippen LogP contribution in [-0.4, -0.2) is 42.5 Å². The number of nitro benzene ring substituents is 1. The zero-order valence-corrected chi connectivity index (χ0v) is 10.8. The Kier molecular flexibility index (Phi) is 5.37. The molecule has 0 radical (unpaired) electrons. The number of likely N-dealkylation sites (N-methyl/N-ethyl adjacent to an activating group) is 1. The minimum absolute atomic E-state index is 0.299.